The summed E-state index contributed by atoms with van der Waals surface area (Å²) in [4.78, 5) is 4.91. The fourth-order valence-corrected chi connectivity index (χ4v) is 1.96. The smallest absolute Gasteiger partial charge is 0.0229 e. The Morgan fingerprint density at radius 3 is 2.71 bits per heavy atom. The first kappa shape index (κ1) is 12.0. The molecule has 2 N–H and O–H groups in total. The molecule has 0 radical (unpaired) electrons. The van der Waals surface area contributed by atoms with E-state index in [1.807, 2.05) is 0 Å². The summed E-state index contributed by atoms with van der Waals surface area (Å²) in [6.07, 6.45) is 2.57. The molecule has 3 nitrogen and oxygen atoms in total. The zero-order chi connectivity index (χ0) is 10.6. The molecule has 1 aliphatic heterocycles. The van der Waals surface area contributed by atoms with Crippen LogP contribution in [-0.4, -0.2) is 56.1 Å². The van der Waals surface area contributed by atoms with Gasteiger partial charge in [-0.15, -0.1) is 0 Å². The van der Waals surface area contributed by atoms with E-state index in [1.54, 1.807) is 0 Å². The first-order valence-electron chi connectivity index (χ1n) is 5.72. The number of likely N-dealkylation sites (tertiary alicyclic amines) is 1. The van der Waals surface area contributed by atoms with Gasteiger partial charge in [-0.1, -0.05) is 6.92 Å². The molecule has 14 heavy (non-hydrogen) atoms. The molecule has 0 aromatic carbocycles. The van der Waals surface area contributed by atoms with E-state index in [2.05, 4.69) is 30.8 Å². The molecule has 0 amide bonds. The monoisotopic (exact) mass is 199 g/mol. The highest BCUT2D eigenvalue weighted by molar-refractivity contribution is 4.80. The van der Waals surface area contributed by atoms with Gasteiger partial charge in [-0.25, -0.2) is 0 Å². The van der Waals surface area contributed by atoms with Crippen LogP contribution in [0.25, 0.3) is 0 Å². The van der Waals surface area contributed by atoms with Gasteiger partial charge in [0.1, 0.15) is 0 Å². The van der Waals surface area contributed by atoms with Crippen LogP contribution in [0.15, 0.2) is 0 Å². The van der Waals surface area contributed by atoms with Crippen LogP contribution in [-0.2, 0) is 0 Å². The fraction of sp³-hybridized carbons (Fsp3) is 1.00. The van der Waals surface area contributed by atoms with Crippen molar-refractivity contribution < 1.29 is 0 Å². The summed E-state index contributed by atoms with van der Waals surface area (Å²) in [5, 5.41) is 0. The van der Waals surface area contributed by atoms with Crippen LogP contribution < -0.4 is 5.73 Å². The number of likely N-dealkylation sites (N-methyl/N-ethyl adjacent to an activating group) is 1. The Labute approximate surface area is 88.2 Å². The second kappa shape index (κ2) is 5.69. The van der Waals surface area contributed by atoms with Gasteiger partial charge in [-0.05, 0) is 52.5 Å². The Morgan fingerprint density at radius 2 is 2.21 bits per heavy atom. The molecular weight excluding hydrogens is 174 g/mol. The SMILES string of the molecule is CC(CN)CCN1CCC(N(C)C)C1. The van der Waals surface area contributed by atoms with Crippen molar-refractivity contribution in [2.45, 2.75) is 25.8 Å². The van der Waals surface area contributed by atoms with Crippen molar-refractivity contribution in [3.8, 4) is 0 Å². The molecule has 84 valence electrons. The van der Waals surface area contributed by atoms with Gasteiger partial charge in [0.2, 0.25) is 0 Å². The van der Waals surface area contributed by atoms with Gasteiger partial charge in [0.15, 0.2) is 0 Å². The molecule has 1 rings (SSSR count). The normalized spacial score (nSPS) is 25.9. The summed E-state index contributed by atoms with van der Waals surface area (Å²) in [6, 6.07) is 0.767. The molecule has 0 aliphatic carbocycles. The summed E-state index contributed by atoms with van der Waals surface area (Å²) in [5.74, 6) is 0.674. The highest BCUT2D eigenvalue weighted by Gasteiger charge is 2.23. The molecule has 0 bridgehead atoms. The zero-order valence-corrected chi connectivity index (χ0v) is 9.87. The molecule has 2 atom stereocenters. The van der Waals surface area contributed by atoms with Gasteiger partial charge in [0.05, 0.1) is 0 Å². The third kappa shape index (κ3) is 3.56. The van der Waals surface area contributed by atoms with Crippen LogP contribution in [0.2, 0.25) is 0 Å². The topological polar surface area (TPSA) is 32.5 Å². The Bertz CT molecular complexity index is 159. The third-order valence-electron chi connectivity index (χ3n) is 3.32. The summed E-state index contributed by atoms with van der Waals surface area (Å²) >= 11 is 0. The van der Waals surface area contributed by atoms with E-state index in [0.717, 1.165) is 12.6 Å². The number of hydrogen-bond donors (Lipinski definition) is 1. The van der Waals surface area contributed by atoms with Crippen LogP contribution in [0.5, 0.6) is 0 Å². The lowest BCUT2D eigenvalue weighted by Crippen LogP contribution is -2.32. The average molecular weight is 199 g/mol. The lowest BCUT2D eigenvalue weighted by molar-refractivity contribution is 0.259. The van der Waals surface area contributed by atoms with Crippen molar-refractivity contribution >= 4 is 0 Å². The first-order valence-corrected chi connectivity index (χ1v) is 5.72. The molecule has 1 heterocycles. The maximum absolute atomic E-state index is 5.61. The van der Waals surface area contributed by atoms with Gasteiger partial charge >= 0.3 is 0 Å². The van der Waals surface area contributed by atoms with Crippen LogP contribution in [0.4, 0.5) is 0 Å². The zero-order valence-electron chi connectivity index (χ0n) is 9.87. The predicted molar refractivity (Wildman–Crippen MR) is 61.4 cm³/mol. The molecular formula is C11H25N3. The lowest BCUT2D eigenvalue weighted by Gasteiger charge is -2.21. The average Bonchev–Trinajstić information content (AvgIpc) is 2.62. The minimum Gasteiger partial charge on any atom is -0.330 e. The molecule has 0 spiro atoms. The molecule has 2 unspecified atom stereocenters. The van der Waals surface area contributed by atoms with Crippen molar-refractivity contribution in [2.75, 3.05) is 40.3 Å². The standard InChI is InChI=1S/C11H25N3/c1-10(8-12)4-6-14-7-5-11(9-14)13(2)3/h10-11H,4-9,12H2,1-3H3. The van der Waals surface area contributed by atoms with E-state index >= 15 is 0 Å². The summed E-state index contributed by atoms with van der Waals surface area (Å²) < 4.78 is 0. The molecule has 1 fully saturated rings. The quantitative estimate of drug-likeness (QED) is 0.704. The minimum absolute atomic E-state index is 0.674. The highest BCUT2D eigenvalue weighted by Crippen LogP contribution is 2.14. The van der Waals surface area contributed by atoms with E-state index in [-0.39, 0.29) is 0 Å². The minimum atomic E-state index is 0.674. The molecule has 3 heteroatoms. The van der Waals surface area contributed by atoms with Crippen molar-refractivity contribution in [3.63, 3.8) is 0 Å². The molecule has 1 saturated heterocycles. The Hall–Kier alpha value is -0.120. The third-order valence-corrected chi connectivity index (χ3v) is 3.32. The fourth-order valence-electron chi connectivity index (χ4n) is 1.96. The van der Waals surface area contributed by atoms with E-state index in [9.17, 15) is 0 Å². The van der Waals surface area contributed by atoms with Crippen LogP contribution in [0, 0.1) is 5.92 Å². The number of rotatable bonds is 5. The van der Waals surface area contributed by atoms with Gasteiger partial charge in [0, 0.05) is 12.6 Å². The largest absolute Gasteiger partial charge is 0.330 e. The summed E-state index contributed by atoms with van der Waals surface area (Å²) in [7, 11) is 4.35. The van der Waals surface area contributed by atoms with Crippen LogP contribution in [0.1, 0.15) is 19.8 Å². The van der Waals surface area contributed by atoms with Gasteiger partial charge in [-0.3, -0.25) is 0 Å². The van der Waals surface area contributed by atoms with Crippen LogP contribution in [0.3, 0.4) is 0 Å². The van der Waals surface area contributed by atoms with Gasteiger partial charge < -0.3 is 15.5 Å². The molecule has 0 saturated carbocycles. The van der Waals surface area contributed by atoms with E-state index < -0.39 is 0 Å². The van der Waals surface area contributed by atoms with Crippen molar-refractivity contribution in [1.82, 2.24) is 9.80 Å². The Kier molecular flexibility index (Phi) is 4.85. The predicted octanol–water partition coefficient (Wildman–Crippen LogP) is 0.607. The van der Waals surface area contributed by atoms with Crippen molar-refractivity contribution in [2.24, 2.45) is 11.7 Å². The maximum atomic E-state index is 5.61. The van der Waals surface area contributed by atoms with Gasteiger partial charge in [0.25, 0.3) is 0 Å². The maximum Gasteiger partial charge on any atom is 0.0229 e. The molecule has 0 aromatic rings. The first-order chi connectivity index (χ1) is 6.63. The second-order valence-electron chi connectivity index (χ2n) is 4.84. The van der Waals surface area contributed by atoms with Crippen molar-refractivity contribution in [3.05, 3.63) is 0 Å². The van der Waals surface area contributed by atoms with Crippen molar-refractivity contribution in [1.29, 1.82) is 0 Å². The molecule has 0 aromatic heterocycles. The highest BCUT2D eigenvalue weighted by atomic mass is 15.2. The second-order valence-corrected chi connectivity index (χ2v) is 4.84. The van der Waals surface area contributed by atoms with E-state index in [4.69, 9.17) is 5.73 Å². The number of hydrogen-bond acceptors (Lipinski definition) is 3. The van der Waals surface area contributed by atoms with E-state index in [1.165, 1.54) is 32.5 Å². The van der Waals surface area contributed by atoms with E-state index in [0.29, 0.717) is 5.92 Å². The summed E-state index contributed by atoms with van der Waals surface area (Å²) in [6.45, 7) is 6.79. The number of nitrogens with two attached hydrogens (primary N) is 1. The molecule has 1 aliphatic rings. The summed E-state index contributed by atoms with van der Waals surface area (Å²) in [5.41, 5.74) is 5.61. The number of nitrogens with zero attached hydrogens (tertiary/aromatic N) is 2. The lowest BCUT2D eigenvalue weighted by atomic mass is 10.1. The Morgan fingerprint density at radius 1 is 1.50 bits per heavy atom. The Balaban J connectivity index is 2.16. The van der Waals surface area contributed by atoms with Crippen LogP contribution >= 0.6 is 0 Å². The van der Waals surface area contributed by atoms with Gasteiger partial charge in [-0.2, -0.15) is 0 Å².